The first-order valence-corrected chi connectivity index (χ1v) is 10.3. The van der Waals surface area contributed by atoms with E-state index in [1.165, 1.54) is 24.3 Å². The van der Waals surface area contributed by atoms with E-state index >= 15 is 0 Å². The van der Waals surface area contributed by atoms with Gasteiger partial charge < -0.3 is 10.1 Å². The third-order valence-corrected chi connectivity index (χ3v) is 5.62. The Bertz CT molecular complexity index is 946. The number of hydrogen-bond acceptors (Lipinski definition) is 4. The first-order valence-electron chi connectivity index (χ1n) is 8.09. The predicted molar refractivity (Wildman–Crippen MR) is 107 cm³/mol. The van der Waals surface area contributed by atoms with Gasteiger partial charge in [0.1, 0.15) is 5.75 Å². The molecule has 0 bridgehead atoms. The molecule has 0 aliphatic carbocycles. The first kappa shape index (κ1) is 21.5. The summed E-state index contributed by atoms with van der Waals surface area (Å²) in [4.78, 5) is 12.2. The van der Waals surface area contributed by atoms with E-state index in [2.05, 4.69) is 10.0 Å². The van der Waals surface area contributed by atoms with E-state index in [1.54, 1.807) is 32.9 Å². The summed E-state index contributed by atoms with van der Waals surface area (Å²) in [7, 11) is -3.59. The molecule has 0 unspecified atom stereocenters. The molecule has 2 aromatic carbocycles. The van der Waals surface area contributed by atoms with Crippen molar-refractivity contribution in [3.05, 3.63) is 52.0 Å². The van der Waals surface area contributed by atoms with Gasteiger partial charge in [0.2, 0.25) is 10.0 Å². The van der Waals surface area contributed by atoms with Crippen LogP contribution < -0.4 is 14.8 Å². The zero-order valence-electron chi connectivity index (χ0n) is 15.0. The number of aryl methyl sites for hydroxylation is 1. The number of anilines is 1. The molecule has 146 valence electrons. The van der Waals surface area contributed by atoms with Crippen LogP contribution in [0.15, 0.2) is 41.3 Å². The molecular weight excluding hydrogens is 411 g/mol. The number of hydrogen-bond donors (Lipinski definition) is 2. The molecule has 1 amide bonds. The standard InChI is InChI=1S/C18H20Cl2N2O4S/c1-11(2)22-27(24,25)14-5-7-17(12(3)8-14)26-10-18(23)21-16-6-4-13(19)9-15(16)20/h4-9,11,22H,10H2,1-3H3,(H,21,23). The molecule has 0 atom stereocenters. The van der Waals surface area contributed by atoms with Crippen molar-refractivity contribution in [2.45, 2.75) is 31.7 Å². The van der Waals surface area contributed by atoms with Gasteiger partial charge in [-0.15, -0.1) is 0 Å². The molecule has 0 radical (unpaired) electrons. The highest BCUT2D eigenvalue weighted by Crippen LogP contribution is 2.26. The molecule has 0 aliphatic heterocycles. The molecule has 0 saturated heterocycles. The Morgan fingerprint density at radius 2 is 1.85 bits per heavy atom. The minimum atomic E-state index is -3.59. The van der Waals surface area contributed by atoms with Crippen LogP contribution in [0.3, 0.4) is 0 Å². The lowest BCUT2D eigenvalue weighted by atomic mass is 10.2. The van der Waals surface area contributed by atoms with Crippen LogP contribution in [-0.2, 0) is 14.8 Å². The summed E-state index contributed by atoms with van der Waals surface area (Å²) in [5.41, 5.74) is 1.02. The molecule has 6 nitrogen and oxygen atoms in total. The Morgan fingerprint density at radius 1 is 1.15 bits per heavy atom. The lowest BCUT2D eigenvalue weighted by Crippen LogP contribution is -2.30. The molecule has 2 N–H and O–H groups in total. The maximum absolute atomic E-state index is 12.2. The third-order valence-electron chi connectivity index (χ3n) is 3.41. The van der Waals surface area contributed by atoms with Crippen LogP contribution in [0.4, 0.5) is 5.69 Å². The van der Waals surface area contributed by atoms with Crippen molar-refractivity contribution in [3.63, 3.8) is 0 Å². The van der Waals surface area contributed by atoms with Crippen LogP contribution >= 0.6 is 23.2 Å². The van der Waals surface area contributed by atoms with Crippen LogP contribution in [0.5, 0.6) is 5.75 Å². The Labute approximate surface area is 168 Å². The average Bonchev–Trinajstić information content (AvgIpc) is 2.55. The molecule has 2 aromatic rings. The van der Waals surface area contributed by atoms with Crippen molar-refractivity contribution in [2.75, 3.05) is 11.9 Å². The number of ether oxygens (including phenoxy) is 1. The summed E-state index contributed by atoms with van der Waals surface area (Å²) < 4.78 is 32.4. The van der Waals surface area contributed by atoms with E-state index in [0.717, 1.165) is 0 Å². The number of benzene rings is 2. The second-order valence-electron chi connectivity index (χ2n) is 6.16. The van der Waals surface area contributed by atoms with Gasteiger partial charge in [0.05, 0.1) is 15.6 Å². The third kappa shape index (κ3) is 6.10. The molecule has 0 spiro atoms. The first-order chi connectivity index (χ1) is 12.6. The van der Waals surface area contributed by atoms with Gasteiger partial charge in [-0.3, -0.25) is 4.79 Å². The van der Waals surface area contributed by atoms with Gasteiger partial charge in [0, 0.05) is 11.1 Å². The quantitative estimate of drug-likeness (QED) is 0.694. The Morgan fingerprint density at radius 3 is 2.44 bits per heavy atom. The van der Waals surface area contributed by atoms with Crippen LogP contribution in [0.2, 0.25) is 10.0 Å². The summed E-state index contributed by atoms with van der Waals surface area (Å²) >= 11 is 11.8. The van der Waals surface area contributed by atoms with Crippen molar-refractivity contribution < 1.29 is 17.9 Å². The van der Waals surface area contributed by atoms with Crippen molar-refractivity contribution in [2.24, 2.45) is 0 Å². The average molecular weight is 431 g/mol. The maximum Gasteiger partial charge on any atom is 0.262 e. The van der Waals surface area contributed by atoms with Crippen molar-refractivity contribution in [1.82, 2.24) is 4.72 Å². The summed E-state index contributed by atoms with van der Waals surface area (Å²) in [6, 6.07) is 8.96. The Balaban J connectivity index is 2.02. The molecule has 0 fully saturated rings. The van der Waals surface area contributed by atoms with Crippen LogP contribution in [-0.4, -0.2) is 27.0 Å². The molecule has 0 aliphatic rings. The Hall–Kier alpha value is -1.80. The van der Waals surface area contributed by atoms with Crippen LogP contribution in [0.25, 0.3) is 0 Å². The topological polar surface area (TPSA) is 84.5 Å². The lowest BCUT2D eigenvalue weighted by molar-refractivity contribution is -0.118. The molecule has 0 saturated carbocycles. The number of carbonyl (C=O) groups excluding carboxylic acids is 1. The lowest BCUT2D eigenvalue weighted by Gasteiger charge is -2.13. The van der Waals surface area contributed by atoms with Gasteiger partial charge in [-0.1, -0.05) is 23.2 Å². The number of rotatable bonds is 7. The van der Waals surface area contributed by atoms with Crippen molar-refractivity contribution in [3.8, 4) is 5.75 Å². The summed E-state index contributed by atoms with van der Waals surface area (Å²) in [5.74, 6) is 0.00708. The molecule has 2 rings (SSSR count). The molecule has 0 heterocycles. The predicted octanol–water partition coefficient (Wildman–Crippen LogP) is 4.01. The largest absolute Gasteiger partial charge is 0.483 e. The minimum absolute atomic E-state index is 0.137. The number of sulfonamides is 1. The van der Waals surface area contributed by atoms with Crippen molar-refractivity contribution in [1.29, 1.82) is 0 Å². The van der Waals surface area contributed by atoms with E-state index in [0.29, 0.717) is 27.0 Å². The Kier molecular flexibility index (Phi) is 7.11. The highest BCUT2D eigenvalue weighted by molar-refractivity contribution is 7.89. The highest BCUT2D eigenvalue weighted by Gasteiger charge is 2.17. The summed E-state index contributed by atoms with van der Waals surface area (Å²) in [6.07, 6.45) is 0. The number of carbonyl (C=O) groups is 1. The van der Waals surface area contributed by atoms with Gasteiger partial charge in [0.15, 0.2) is 6.61 Å². The fourth-order valence-electron chi connectivity index (χ4n) is 2.25. The number of halogens is 2. The van der Waals surface area contributed by atoms with Gasteiger partial charge >= 0.3 is 0 Å². The molecule has 9 heteroatoms. The van der Waals surface area contributed by atoms with Gasteiger partial charge in [-0.25, -0.2) is 13.1 Å². The number of amides is 1. The van der Waals surface area contributed by atoms with Crippen LogP contribution in [0.1, 0.15) is 19.4 Å². The molecule has 27 heavy (non-hydrogen) atoms. The zero-order chi connectivity index (χ0) is 20.2. The fraction of sp³-hybridized carbons (Fsp3) is 0.278. The van der Waals surface area contributed by atoms with Crippen molar-refractivity contribution >= 4 is 44.8 Å². The van der Waals surface area contributed by atoms with E-state index < -0.39 is 15.9 Å². The van der Waals surface area contributed by atoms with E-state index in [9.17, 15) is 13.2 Å². The van der Waals surface area contributed by atoms with E-state index in [1.807, 2.05) is 0 Å². The molecule has 0 aromatic heterocycles. The zero-order valence-corrected chi connectivity index (χ0v) is 17.4. The number of nitrogens with one attached hydrogen (secondary N) is 2. The van der Waals surface area contributed by atoms with E-state index in [4.69, 9.17) is 27.9 Å². The molecular formula is C18H20Cl2N2O4S. The SMILES string of the molecule is Cc1cc(S(=O)(=O)NC(C)C)ccc1OCC(=O)Nc1ccc(Cl)cc1Cl. The smallest absolute Gasteiger partial charge is 0.262 e. The second kappa shape index (κ2) is 8.93. The highest BCUT2D eigenvalue weighted by atomic mass is 35.5. The monoisotopic (exact) mass is 430 g/mol. The van der Waals surface area contributed by atoms with Gasteiger partial charge in [-0.05, 0) is 62.7 Å². The minimum Gasteiger partial charge on any atom is -0.483 e. The van der Waals surface area contributed by atoms with Crippen LogP contribution in [0, 0.1) is 6.92 Å². The summed E-state index contributed by atoms with van der Waals surface area (Å²) in [5, 5.41) is 3.41. The maximum atomic E-state index is 12.2. The van der Waals surface area contributed by atoms with E-state index in [-0.39, 0.29) is 17.5 Å². The van der Waals surface area contributed by atoms with Gasteiger partial charge in [-0.2, -0.15) is 0 Å². The fourth-order valence-corrected chi connectivity index (χ4v) is 4.04. The summed E-state index contributed by atoms with van der Waals surface area (Å²) in [6.45, 7) is 4.94. The van der Waals surface area contributed by atoms with Gasteiger partial charge in [0.25, 0.3) is 5.91 Å². The normalized spacial score (nSPS) is 11.5. The second-order valence-corrected chi connectivity index (χ2v) is 8.72.